The first-order valence-corrected chi connectivity index (χ1v) is 8.77. The van der Waals surface area contributed by atoms with Crippen LogP contribution < -0.4 is 10.6 Å². The third-order valence-electron chi connectivity index (χ3n) is 4.98. The fourth-order valence-corrected chi connectivity index (χ4v) is 3.14. The van der Waals surface area contributed by atoms with Gasteiger partial charge < -0.3 is 10.6 Å². The summed E-state index contributed by atoms with van der Waals surface area (Å²) in [5, 5.41) is 6.38. The van der Waals surface area contributed by atoms with Crippen molar-refractivity contribution in [2.75, 3.05) is 32.7 Å². The number of rotatable bonds is 8. The van der Waals surface area contributed by atoms with Gasteiger partial charge in [-0.1, -0.05) is 20.8 Å². The van der Waals surface area contributed by atoms with Gasteiger partial charge in [0.05, 0.1) is 6.54 Å². The fraction of sp³-hybridized carbons (Fsp3) is 0.941. The molecule has 122 valence electrons. The quantitative estimate of drug-likeness (QED) is 0.718. The van der Waals surface area contributed by atoms with Crippen molar-refractivity contribution in [3.8, 4) is 0 Å². The average Bonchev–Trinajstić information content (AvgIpc) is 3.25. The van der Waals surface area contributed by atoms with Gasteiger partial charge in [-0.3, -0.25) is 9.69 Å². The highest BCUT2D eigenvalue weighted by Crippen LogP contribution is 2.27. The third-order valence-corrected chi connectivity index (χ3v) is 4.98. The van der Waals surface area contributed by atoms with Gasteiger partial charge in [-0.2, -0.15) is 0 Å². The molecule has 0 aromatic carbocycles. The minimum Gasteiger partial charge on any atom is -0.353 e. The molecule has 0 aromatic rings. The largest absolute Gasteiger partial charge is 0.353 e. The monoisotopic (exact) mass is 295 g/mol. The molecule has 2 N–H and O–H groups in total. The van der Waals surface area contributed by atoms with E-state index >= 15 is 0 Å². The van der Waals surface area contributed by atoms with Gasteiger partial charge >= 0.3 is 0 Å². The zero-order valence-corrected chi connectivity index (χ0v) is 14.0. The Morgan fingerprint density at radius 2 is 1.86 bits per heavy atom. The van der Waals surface area contributed by atoms with Crippen molar-refractivity contribution in [2.24, 2.45) is 17.8 Å². The standard InChI is InChI=1S/C17H33N3O/c1-13(2)16(20-8-6-14(3)7-9-20)11-19-17(21)12-18-10-15-4-5-15/h13-16,18H,4-12H2,1-3H3,(H,19,21). The molecule has 1 amide bonds. The molecule has 2 rings (SSSR count). The molecule has 4 nitrogen and oxygen atoms in total. The van der Waals surface area contributed by atoms with Crippen molar-refractivity contribution in [3.05, 3.63) is 0 Å². The summed E-state index contributed by atoms with van der Waals surface area (Å²) in [6.07, 6.45) is 5.25. The summed E-state index contributed by atoms with van der Waals surface area (Å²) in [4.78, 5) is 14.5. The van der Waals surface area contributed by atoms with Gasteiger partial charge in [0.25, 0.3) is 0 Å². The van der Waals surface area contributed by atoms with Crippen LogP contribution in [0, 0.1) is 17.8 Å². The summed E-state index contributed by atoms with van der Waals surface area (Å²) in [6, 6.07) is 0.477. The summed E-state index contributed by atoms with van der Waals surface area (Å²) < 4.78 is 0. The summed E-state index contributed by atoms with van der Waals surface area (Å²) in [5.41, 5.74) is 0. The van der Waals surface area contributed by atoms with E-state index in [4.69, 9.17) is 0 Å². The lowest BCUT2D eigenvalue weighted by Crippen LogP contribution is -2.50. The number of likely N-dealkylation sites (tertiary alicyclic amines) is 1. The number of nitrogens with zero attached hydrogens (tertiary/aromatic N) is 1. The van der Waals surface area contributed by atoms with Gasteiger partial charge in [0.1, 0.15) is 0 Å². The predicted molar refractivity (Wildman–Crippen MR) is 87.2 cm³/mol. The lowest BCUT2D eigenvalue weighted by Gasteiger charge is -2.38. The Kier molecular flexibility index (Phi) is 6.49. The van der Waals surface area contributed by atoms with E-state index in [-0.39, 0.29) is 5.91 Å². The van der Waals surface area contributed by atoms with Crippen molar-refractivity contribution >= 4 is 5.91 Å². The SMILES string of the molecule is CC1CCN(C(CNC(=O)CNCC2CC2)C(C)C)CC1. The Hall–Kier alpha value is -0.610. The zero-order chi connectivity index (χ0) is 15.2. The van der Waals surface area contributed by atoms with E-state index in [1.54, 1.807) is 0 Å². The fourth-order valence-electron chi connectivity index (χ4n) is 3.14. The molecule has 0 bridgehead atoms. The van der Waals surface area contributed by atoms with Crippen LogP contribution in [0.1, 0.15) is 46.5 Å². The number of amides is 1. The lowest BCUT2D eigenvalue weighted by molar-refractivity contribution is -0.120. The minimum atomic E-state index is 0.145. The van der Waals surface area contributed by atoms with E-state index in [2.05, 4.69) is 36.3 Å². The molecule has 0 aromatic heterocycles. The maximum absolute atomic E-state index is 11.9. The predicted octanol–water partition coefficient (Wildman–Crippen LogP) is 1.86. The van der Waals surface area contributed by atoms with Crippen LogP contribution >= 0.6 is 0 Å². The van der Waals surface area contributed by atoms with E-state index in [9.17, 15) is 4.79 Å². The molecule has 2 aliphatic rings. The smallest absolute Gasteiger partial charge is 0.234 e. The molecule has 0 spiro atoms. The van der Waals surface area contributed by atoms with Crippen LogP contribution in [-0.4, -0.2) is 49.6 Å². The van der Waals surface area contributed by atoms with Gasteiger partial charge in [-0.05, 0) is 63.1 Å². The van der Waals surface area contributed by atoms with Crippen molar-refractivity contribution in [3.63, 3.8) is 0 Å². The van der Waals surface area contributed by atoms with Crippen molar-refractivity contribution in [1.29, 1.82) is 0 Å². The highest BCUT2D eigenvalue weighted by atomic mass is 16.1. The second kappa shape index (κ2) is 8.14. The van der Waals surface area contributed by atoms with Gasteiger partial charge in [0.15, 0.2) is 0 Å². The molecule has 1 heterocycles. The molecule has 0 radical (unpaired) electrons. The van der Waals surface area contributed by atoms with E-state index in [0.717, 1.165) is 24.9 Å². The van der Waals surface area contributed by atoms with Crippen LogP contribution in [0.5, 0.6) is 0 Å². The van der Waals surface area contributed by atoms with Crippen LogP contribution in [0.3, 0.4) is 0 Å². The van der Waals surface area contributed by atoms with Crippen LogP contribution in [0.15, 0.2) is 0 Å². The molecule has 2 fully saturated rings. The molecular formula is C17H33N3O. The Morgan fingerprint density at radius 1 is 1.19 bits per heavy atom. The van der Waals surface area contributed by atoms with E-state index < -0.39 is 0 Å². The Labute approximate surface area is 130 Å². The highest BCUT2D eigenvalue weighted by Gasteiger charge is 2.26. The second-order valence-corrected chi connectivity index (χ2v) is 7.41. The van der Waals surface area contributed by atoms with Crippen molar-refractivity contribution < 1.29 is 4.79 Å². The van der Waals surface area contributed by atoms with Gasteiger partial charge in [0.2, 0.25) is 5.91 Å². The topological polar surface area (TPSA) is 44.4 Å². The molecule has 1 unspecified atom stereocenters. The molecule has 4 heteroatoms. The van der Waals surface area contributed by atoms with Crippen LogP contribution in [0.25, 0.3) is 0 Å². The number of carbonyl (C=O) groups excluding carboxylic acids is 1. The molecule has 1 atom stereocenters. The molecule has 1 aliphatic carbocycles. The Bertz CT molecular complexity index is 320. The van der Waals surface area contributed by atoms with Gasteiger partial charge in [0, 0.05) is 12.6 Å². The second-order valence-electron chi connectivity index (χ2n) is 7.41. The van der Waals surface area contributed by atoms with Crippen molar-refractivity contribution in [2.45, 2.75) is 52.5 Å². The van der Waals surface area contributed by atoms with E-state index in [0.29, 0.717) is 18.5 Å². The third kappa shape index (κ3) is 5.95. The number of piperidine rings is 1. The van der Waals surface area contributed by atoms with Gasteiger partial charge in [-0.25, -0.2) is 0 Å². The number of hydrogen-bond acceptors (Lipinski definition) is 3. The number of carbonyl (C=O) groups is 1. The lowest BCUT2D eigenvalue weighted by atomic mass is 9.94. The molecule has 1 aliphatic heterocycles. The molecule has 1 saturated heterocycles. The molecule has 21 heavy (non-hydrogen) atoms. The van der Waals surface area contributed by atoms with Crippen LogP contribution in [-0.2, 0) is 4.79 Å². The molecular weight excluding hydrogens is 262 g/mol. The summed E-state index contributed by atoms with van der Waals surface area (Å²) in [6.45, 7) is 11.5. The Balaban J connectivity index is 1.67. The average molecular weight is 295 g/mol. The zero-order valence-electron chi connectivity index (χ0n) is 14.0. The molecule has 1 saturated carbocycles. The first-order valence-electron chi connectivity index (χ1n) is 8.77. The van der Waals surface area contributed by atoms with Gasteiger partial charge in [-0.15, -0.1) is 0 Å². The van der Waals surface area contributed by atoms with E-state index in [1.807, 2.05) is 0 Å². The van der Waals surface area contributed by atoms with E-state index in [1.165, 1.54) is 38.8 Å². The maximum atomic E-state index is 11.9. The normalized spacial score (nSPS) is 22.5. The van der Waals surface area contributed by atoms with Crippen LogP contribution in [0.4, 0.5) is 0 Å². The Morgan fingerprint density at radius 3 is 2.43 bits per heavy atom. The minimum absolute atomic E-state index is 0.145. The highest BCUT2D eigenvalue weighted by molar-refractivity contribution is 5.78. The first kappa shape index (κ1) is 16.8. The number of hydrogen-bond donors (Lipinski definition) is 2. The van der Waals surface area contributed by atoms with Crippen molar-refractivity contribution in [1.82, 2.24) is 15.5 Å². The summed E-state index contributed by atoms with van der Waals surface area (Å²) >= 11 is 0. The summed E-state index contributed by atoms with van der Waals surface area (Å²) in [7, 11) is 0. The summed E-state index contributed by atoms with van der Waals surface area (Å²) in [5.74, 6) is 2.41. The first-order chi connectivity index (χ1) is 10.1. The number of nitrogens with one attached hydrogen (secondary N) is 2. The maximum Gasteiger partial charge on any atom is 0.234 e. The van der Waals surface area contributed by atoms with Crippen LogP contribution in [0.2, 0.25) is 0 Å².